The Morgan fingerprint density at radius 3 is 2.83 bits per heavy atom. The maximum atomic E-state index is 14.0. The minimum atomic E-state index is -0.389. The molecule has 7 nitrogen and oxygen atoms in total. The minimum absolute atomic E-state index is 0.0587. The Morgan fingerprint density at radius 2 is 2.10 bits per heavy atom. The van der Waals surface area contributed by atoms with Crippen molar-refractivity contribution < 1.29 is 24.0 Å². The van der Waals surface area contributed by atoms with Gasteiger partial charge in [-0.1, -0.05) is 12.2 Å². The molecule has 7 heteroatoms. The molecule has 5 aliphatic rings. The third-order valence-corrected chi connectivity index (χ3v) is 8.29. The number of carbonyl (C=O) groups is 1. The van der Waals surface area contributed by atoms with Gasteiger partial charge in [0.2, 0.25) is 5.91 Å². The molecule has 2 bridgehead atoms. The lowest BCUT2D eigenvalue weighted by Gasteiger charge is -2.59. The normalized spacial score (nSPS) is 39.0. The summed E-state index contributed by atoms with van der Waals surface area (Å²) in [6.07, 6.45) is 5.80. The number of rotatable bonds is 3. The lowest BCUT2D eigenvalue weighted by atomic mass is 9.57. The van der Waals surface area contributed by atoms with E-state index < -0.39 is 0 Å². The molecule has 30 heavy (non-hydrogen) atoms. The topological polar surface area (TPSA) is 82.1 Å². The molecule has 1 aromatic rings. The Bertz CT molecular complexity index is 1030. The number of piperidine rings is 1. The monoisotopic (exact) mass is 410 g/mol. The van der Waals surface area contributed by atoms with Crippen LogP contribution >= 0.6 is 0 Å². The molecule has 1 aliphatic carbocycles. The molecule has 1 aromatic carbocycles. The van der Waals surface area contributed by atoms with Crippen LogP contribution in [-0.2, 0) is 10.2 Å². The molecule has 0 radical (unpaired) electrons. The van der Waals surface area contributed by atoms with Crippen molar-refractivity contribution in [2.75, 3.05) is 38.8 Å². The van der Waals surface area contributed by atoms with E-state index >= 15 is 0 Å². The second-order valence-corrected chi connectivity index (χ2v) is 9.19. The van der Waals surface area contributed by atoms with Crippen molar-refractivity contribution in [1.82, 2.24) is 0 Å². The maximum Gasteiger partial charge on any atom is 0.231 e. The van der Waals surface area contributed by atoms with E-state index in [2.05, 4.69) is 6.08 Å². The first-order valence-corrected chi connectivity index (χ1v) is 10.6. The van der Waals surface area contributed by atoms with E-state index in [1.807, 2.05) is 23.1 Å². The first-order valence-electron chi connectivity index (χ1n) is 10.6. The number of aliphatic hydroxyl groups excluding tert-OH is 1. The van der Waals surface area contributed by atoms with Gasteiger partial charge in [-0.15, -0.1) is 0 Å². The summed E-state index contributed by atoms with van der Waals surface area (Å²) in [5.41, 5.74) is 3.81. The number of benzene rings is 1. The van der Waals surface area contributed by atoms with E-state index in [9.17, 15) is 15.1 Å². The molecule has 6 rings (SSSR count). The number of aliphatic hydroxyl groups is 1. The molecule has 4 heterocycles. The van der Waals surface area contributed by atoms with Crippen LogP contribution in [0.2, 0.25) is 0 Å². The zero-order chi connectivity index (χ0) is 20.8. The van der Waals surface area contributed by atoms with E-state index in [0.717, 1.165) is 29.7 Å². The fourth-order valence-electron chi connectivity index (χ4n) is 7.24. The van der Waals surface area contributed by atoms with Crippen molar-refractivity contribution in [3.8, 4) is 11.5 Å². The van der Waals surface area contributed by atoms with Gasteiger partial charge >= 0.3 is 0 Å². The van der Waals surface area contributed by atoms with Crippen molar-refractivity contribution in [3.63, 3.8) is 0 Å². The van der Waals surface area contributed by atoms with Gasteiger partial charge in [-0.3, -0.25) is 4.79 Å². The zero-order valence-electron chi connectivity index (χ0n) is 17.3. The van der Waals surface area contributed by atoms with Gasteiger partial charge < -0.3 is 29.3 Å². The molecule has 4 aliphatic heterocycles. The molecular weight excluding hydrogens is 384 g/mol. The Hall–Kier alpha value is -2.35. The Labute approximate surface area is 175 Å². The number of hydrogen-bond acceptors (Lipinski definition) is 5. The van der Waals surface area contributed by atoms with Gasteiger partial charge in [0.05, 0.1) is 44.5 Å². The number of amides is 1. The highest BCUT2D eigenvalue weighted by molar-refractivity contribution is 6.01. The largest absolute Gasteiger partial charge is 0.632 e. The Kier molecular flexibility index (Phi) is 3.60. The summed E-state index contributed by atoms with van der Waals surface area (Å²) in [5.74, 6) is 1.43. The molecule has 1 spiro atoms. The second kappa shape index (κ2) is 5.87. The molecule has 2 saturated heterocycles. The van der Waals surface area contributed by atoms with Crippen LogP contribution in [0.1, 0.15) is 24.8 Å². The molecule has 1 amide bonds. The third kappa shape index (κ3) is 1.94. The van der Waals surface area contributed by atoms with Gasteiger partial charge in [0.1, 0.15) is 12.6 Å². The summed E-state index contributed by atoms with van der Waals surface area (Å²) in [4.78, 5) is 15.1. The summed E-state index contributed by atoms with van der Waals surface area (Å²) in [5, 5.41) is 23.6. The van der Waals surface area contributed by atoms with Crippen LogP contribution in [0.5, 0.6) is 11.5 Å². The van der Waals surface area contributed by atoms with Gasteiger partial charge in [0.25, 0.3) is 0 Å². The van der Waals surface area contributed by atoms with E-state index in [1.165, 1.54) is 5.57 Å². The van der Waals surface area contributed by atoms with Crippen LogP contribution in [0, 0.1) is 11.1 Å². The molecule has 5 atom stereocenters. The van der Waals surface area contributed by atoms with Gasteiger partial charge in [-0.25, -0.2) is 0 Å². The summed E-state index contributed by atoms with van der Waals surface area (Å²) < 4.78 is 10.9. The zero-order valence-corrected chi connectivity index (χ0v) is 17.3. The number of carbonyl (C=O) groups excluding carboxylic acids is 1. The van der Waals surface area contributed by atoms with E-state index in [4.69, 9.17) is 9.47 Å². The first kappa shape index (κ1) is 18.4. The molecule has 3 fully saturated rings. The van der Waals surface area contributed by atoms with Crippen LogP contribution < -0.4 is 14.4 Å². The lowest BCUT2D eigenvalue weighted by Crippen LogP contribution is -2.67. The number of hydrogen-bond donors (Lipinski definition) is 1. The number of methoxy groups -OCH3 is 2. The van der Waals surface area contributed by atoms with Crippen molar-refractivity contribution in [3.05, 3.63) is 46.2 Å². The van der Waals surface area contributed by atoms with Gasteiger partial charge in [0.15, 0.2) is 11.5 Å². The van der Waals surface area contributed by atoms with Crippen LogP contribution in [0.3, 0.4) is 0 Å². The fourth-order valence-corrected chi connectivity index (χ4v) is 7.24. The van der Waals surface area contributed by atoms with Crippen LogP contribution in [-0.4, -0.2) is 61.7 Å². The average Bonchev–Trinajstić information content (AvgIpc) is 3.23. The van der Waals surface area contributed by atoms with E-state index in [-0.39, 0.29) is 40.6 Å². The van der Waals surface area contributed by atoms with Gasteiger partial charge in [-0.05, 0) is 22.8 Å². The molecule has 158 valence electrons. The Balaban J connectivity index is 1.64. The van der Waals surface area contributed by atoms with Gasteiger partial charge in [0, 0.05) is 31.2 Å². The van der Waals surface area contributed by atoms with Crippen molar-refractivity contribution in [1.29, 1.82) is 0 Å². The van der Waals surface area contributed by atoms with Crippen LogP contribution in [0.25, 0.3) is 0 Å². The summed E-state index contributed by atoms with van der Waals surface area (Å²) in [7, 11) is 3.22. The van der Waals surface area contributed by atoms with Gasteiger partial charge in [-0.2, -0.15) is 0 Å². The highest BCUT2D eigenvalue weighted by Gasteiger charge is 2.71. The SMILES string of the molecule is COc1cc2c(cc1OC)[C@]13CC[N+]4([O-])C/C(=C/CO)[C@H](C[C@@H]14)C1=CCC(=O)N2[C@@H]13. The van der Waals surface area contributed by atoms with Crippen LogP contribution in [0.4, 0.5) is 5.69 Å². The molecule has 1 N–H and O–H groups in total. The molecule has 1 saturated carbocycles. The number of quaternary nitrogens is 1. The highest BCUT2D eigenvalue weighted by Crippen LogP contribution is 2.66. The second-order valence-electron chi connectivity index (χ2n) is 9.19. The van der Waals surface area contributed by atoms with Crippen molar-refractivity contribution >= 4 is 11.6 Å². The quantitative estimate of drug-likeness (QED) is 0.468. The number of hydroxylamine groups is 3. The first-order chi connectivity index (χ1) is 14.5. The molecule has 0 aromatic heterocycles. The number of nitrogens with zero attached hydrogens (tertiary/aromatic N) is 2. The molecular formula is C23H26N2O5. The summed E-state index contributed by atoms with van der Waals surface area (Å²) >= 11 is 0. The predicted molar refractivity (Wildman–Crippen MR) is 110 cm³/mol. The number of fused-ring (bicyclic) bond motifs is 4. The standard InChI is InChI=1S/C23H26N2O5/c1-29-18-10-16-17(11-19(18)30-2)24-21(27)4-3-14-15-9-20-23(16,22(14)24)6-7-25(20,28)12-13(15)5-8-26/h3,5,10-11,15,20,22,26H,4,6-9,12H2,1-2H3/b13-5-/t15-,20-,22-,23+,25?/m0/s1. The smallest absolute Gasteiger partial charge is 0.231 e. The maximum absolute atomic E-state index is 14.0. The summed E-state index contributed by atoms with van der Waals surface area (Å²) in [6.45, 7) is 0.898. The predicted octanol–water partition coefficient (Wildman–Crippen LogP) is 2.03. The summed E-state index contributed by atoms with van der Waals surface area (Å²) in [6, 6.07) is 3.68. The van der Waals surface area contributed by atoms with Crippen LogP contribution in [0.15, 0.2) is 35.4 Å². The van der Waals surface area contributed by atoms with Crippen molar-refractivity contribution in [2.45, 2.75) is 36.8 Å². The third-order valence-electron chi connectivity index (χ3n) is 8.29. The molecule has 1 unspecified atom stereocenters. The average molecular weight is 410 g/mol. The number of ether oxygens (including phenoxy) is 2. The number of anilines is 1. The van der Waals surface area contributed by atoms with E-state index in [0.29, 0.717) is 31.0 Å². The van der Waals surface area contributed by atoms with E-state index in [1.54, 1.807) is 14.2 Å². The highest BCUT2D eigenvalue weighted by atomic mass is 16.6. The minimum Gasteiger partial charge on any atom is -0.632 e. The Morgan fingerprint density at radius 1 is 1.33 bits per heavy atom. The van der Waals surface area contributed by atoms with Crippen molar-refractivity contribution in [2.24, 2.45) is 5.92 Å². The lowest BCUT2D eigenvalue weighted by molar-refractivity contribution is -0.896. The fraction of sp³-hybridized carbons (Fsp3) is 0.522.